The maximum atomic E-state index is 12.2. The first-order valence-electron chi connectivity index (χ1n) is 9.91. The molecule has 1 aliphatic rings. The standard InChI is InChI=1S/C21H28N2O3S/c24-16-11-13-17(14-12-16)26-15-20(25)23-21-22-18-9-7-5-3-1-2-4-6-8-10-19(18)27-21/h11-14,24H,1-10,15H2,(H,22,23,25). The Morgan fingerprint density at radius 2 is 1.63 bits per heavy atom. The number of aromatic nitrogens is 1. The van der Waals surface area contributed by atoms with Gasteiger partial charge < -0.3 is 9.84 Å². The molecule has 0 unspecified atom stereocenters. The molecule has 0 fully saturated rings. The van der Waals surface area contributed by atoms with Gasteiger partial charge in [-0.3, -0.25) is 10.1 Å². The lowest BCUT2D eigenvalue weighted by Crippen LogP contribution is -2.20. The van der Waals surface area contributed by atoms with Crippen LogP contribution in [0, 0.1) is 0 Å². The fraction of sp³-hybridized carbons (Fsp3) is 0.524. The summed E-state index contributed by atoms with van der Waals surface area (Å²) in [6.07, 6.45) is 12.3. The third kappa shape index (κ3) is 6.54. The van der Waals surface area contributed by atoms with E-state index in [4.69, 9.17) is 4.74 Å². The van der Waals surface area contributed by atoms with Gasteiger partial charge in [0.2, 0.25) is 0 Å². The molecule has 0 bridgehead atoms. The smallest absolute Gasteiger partial charge is 0.264 e. The highest BCUT2D eigenvalue weighted by atomic mass is 32.1. The highest BCUT2D eigenvalue weighted by Gasteiger charge is 2.14. The molecule has 1 heterocycles. The normalized spacial score (nSPS) is 15.9. The van der Waals surface area contributed by atoms with Crippen LogP contribution in [0.2, 0.25) is 0 Å². The Kier molecular flexibility index (Phi) is 7.51. The largest absolute Gasteiger partial charge is 0.508 e. The van der Waals surface area contributed by atoms with Crippen molar-refractivity contribution in [1.29, 1.82) is 0 Å². The van der Waals surface area contributed by atoms with E-state index < -0.39 is 0 Å². The molecule has 0 spiro atoms. The number of aromatic hydroxyl groups is 1. The summed E-state index contributed by atoms with van der Waals surface area (Å²) in [4.78, 5) is 18.2. The van der Waals surface area contributed by atoms with Crippen LogP contribution < -0.4 is 10.1 Å². The van der Waals surface area contributed by atoms with Crippen LogP contribution in [0.4, 0.5) is 5.13 Å². The first-order valence-corrected chi connectivity index (χ1v) is 10.7. The molecule has 1 amide bonds. The number of ether oxygens (including phenoxy) is 1. The molecule has 3 rings (SSSR count). The van der Waals surface area contributed by atoms with Gasteiger partial charge in [-0.25, -0.2) is 4.98 Å². The molecule has 5 nitrogen and oxygen atoms in total. The Labute approximate surface area is 164 Å². The van der Waals surface area contributed by atoms with Crippen LogP contribution >= 0.6 is 11.3 Å². The van der Waals surface area contributed by atoms with Crippen molar-refractivity contribution in [1.82, 2.24) is 4.98 Å². The van der Waals surface area contributed by atoms with Crippen molar-refractivity contribution in [3.05, 3.63) is 34.8 Å². The van der Waals surface area contributed by atoms with Gasteiger partial charge in [0, 0.05) is 4.88 Å². The van der Waals surface area contributed by atoms with Gasteiger partial charge in [0.25, 0.3) is 5.91 Å². The minimum absolute atomic E-state index is 0.0744. The predicted octanol–water partition coefficient (Wildman–Crippen LogP) is 5.09. The number of carbonyl (C=O) groups is 1. The summed E-state index contributed by atoms with van der Waals surface area (Å²) in [5, 5.41) is 12.8. The fourth-order valence-corrected chi connectivity index (χ4v) is 4.38. The van der Waals surface area contributed by atoms with E-state index in [0.717, 1.165) is 18.5 Å². The zero-order valence-electron chi connectivity index (χ0n) is 15.7. The number of carbonyl (C=O) groups excluding carboxylic acids is 1. The van der Waals surface area contributed by atoms with Crippen LogP contribution in [0.15, 0.2) is 24.3 Å². The number of nitrogens with one attached hydrogen (secondary N) is 1. The second-order valence-corrected chi connectivity index (χ2v) is 8.13. The third-order valence-electron chi connectivity index (χ3n) is 4.80. The van der Waals surface area contributed by atoms with Gasteiger partial charge in [-0.2, -0.15) is 0 Å². The molecule has 0 aliphatic heterocycles. The molecular weight excluding hydrogens is 360 g/mol. The number of thiazole rings is 1. The van der Waals surface area contributed by atoms with Crippen molar-refractivity contribution in [3.8, 4) is 11.5 Å². The maximum absolute atomic E-state index is 12.2. The Morgan fingerprint density at radius 3 is 2.33 bits per heavy atom. The molecule has 1 aliphatic carbocycles. The molecule has 1 aromatic carbocycles. The second-order valence-electron chi connectivity index (χ2n) is 7.05. The lowest BCUT2D eigenvalue weighted by Gasteiger charge is -2.06. The van der Waals surface area contributed by atoms with E-state index in [1.165, 1.54) is 68.4 Å². The summed E-state index contributed by atoms with van der Waals surface area (Å²) in [5.74, 6) is 0.506. The van der Waals surface area contributed by atoms with Crippen LogP contribution in [-0.4, -0.2) is 22.6 Å². The summed E-state index contributed by atoms with van der Waals surface area (Å²) in [7, 11) is 0. The van der Waals surface area contributed by atoms with Crippen LogP contribution in [0.5, 0.6) is 11.5 Å². The first kappa shape index (κ1) is 19.7. The highest BCUT2D eigenvalue weighted by Crippen LogP contribution is 2.27. The number of phenolic OH excluding ortho intramolecular Hbond substituents is 1. The fourth-order valence-electron chi connectivity index (χ4n) is 3.31. The summed E-state index contributed by atoms with van der Waals surface area (Å²) in [6, 6.07) is 6.33. The number of phenols is 1. The summed E-state index contributed by atoms with van der Waals surface area (Å²) in [6.45, 7) is -0.0744. The van der Waals surface area contributed by atoms with E-state index in [0.29, 0.717) is 10.9 Å². The van der Waals surface area contributed by atoms with Crippen molar-refractivity contribution in [2.24, 2.45) is 0 Å². The number of amides is 1. The molecule has 146 valence electrons. The quantitative estimate of drug-likeness (QED) is 0.766. The molecule has 1 aromatic heterocycles. The second kappa shape index (κ2) is 10.3. The van der Waals surface area contributed by atoms with E-state index in [1.54, 1.807) is 23.5 Å². The van der Waals surface area contributed by atoms with Crippen molar-refractivity contribution in [2.75, 3.05) is 11.9 Å². The van der Waals surface area contributed by atoms with Crippen LogP contribution in [0.1, 0.15) is 61.9 Å². The topological polar surface area (TPSA) is 71.5 Å². The first-order chi connectivity index (χ1) is 13.2. The number of hydrogen-bond acceptors (Lipinski definition) is 5. The summed E-state index contributed by atoms with van der Waals surface area (Å²) < 4.78 is 5.45. The van der Waals surface area contributed by atoms with Crippen LogP contribution in [0.3, 0.4) is 0 Å². The van der Waals surface area contributed by atoms with Crippen LogP contribution in [-0.2, 0) is 17.6 Å². The molecule has 2 N–H and O–H groups in total. The minimum Gasteiger partial charge on any atom is -0.508 e. The van der Waals surface area contributed by atoms with Crippen molar-refractivity contribution in [2.45, 2.75) is 64.2 Å². The van der Waals surface area contributed by atoms with Gasteiger partial charge in [-0.15, -0.1) is 11.3 Å². The van der Waals surface area contributed by atoms with Gasteiger partial charge in [0.1, 0.15) is 11.5 Å². The number of benzene rings is 1. The summed E-state index contributed by atoms with van der Waals surface area (Å²) in [5.41, 5.74) is 1.16. The van der Waals surface area contributed by atoms with Gasteiger partial charge in [0.05, 0.1) is 5.69 Å². The molecule has 2 aromatic rings. The number of nitrogens with zero attached hydrogens (tertiary/aromatic N) is 1. The lowest BCUT2D eigenvalue weighted by atomic mass is 10.0. The van der Waals surface area contributed by atoms with Crippen LogP contribution in [0.25, 0.3) is 0 Å². The van der Waals surface area contributed by atoms with Crippen molar-refractivity contribution < 1.29 is 14.6 Å². The predicted molar refractivity (Wildman–Crippen MR) is 109 cm³/mol. The van der Waals surface area contributed by atoms with E-state index in [-0.39, 0.29) is 18.3 Å². The number of anilines is 1. The zero-order valence-corrected chi connectivity index (χ0v) is 16.5. The monoisotopic (exact) mass is 388 g/mol. The van der Waals surface area contributed by atoms with Crippen molar-refractivity contribution >= 4 is 22.4 Å². The number of fused-ring (bicyclic) bond motifs is 1. The molecule has 0 radical (unpaired) electrons. The third-order valence-corrected chi connectivity index (χ3v) is 5.87. The van der Waals surface area contributed by atoms with E-state index in [9.17, 15) is 9.90 Å². The molecule has 0 saturated heterocycles. The molecule has 27 heavy (non-hydrogen) atoms. The maximum Gasteiger partial charge on any atom is 0.264 e. The Morgan fingerprint density at radius 1 is 1.00 bits per heavy atom. The summed E-state index contributed by atoms with van der Waals surface area (Å²) >= 11 is 1.61. The van der Waals surface area contributed by atoms with E-state index in [2.05, 4.69) is 10.3 Å². The van der Waals surface area contributed by atoms with E-state index >= 15 is 0 Å². The molecular formula is C21H28N2O3S. The molecule has 0 saturated carbocycles. The van der Waals surface area contributed by atoms with Gasteiger partial charge in [-0.1, -0.05) is 38.5 Å². The molecule has 0 atom stereocenters. The Balaban J connectivity index is 1.55. The average Bonchev–Trinajstić information content (AvgIpc) is 3.02. The molecule has 6 heteroatoms. The van der Waals surface area contributed by atoms with Gasteiger partial charge in [-0.05, 0) is 49.9 Å². The Bertz CT molecular complexity index is 698. The SMILES string of the molecule is O=C(COc1ccc(O)cc1)Nc1nc2c(s1)CCCCCCCCCC2. The average molecular weight is 389 g/mol. The minimum atomic E-state index is -0.215. The van der Waals surface area contributed by atoms with E-state index in [1.807, 2.05) is 0 Å². The lowest BCUT2D eigenvalue weighted by molar-refractivity contribution is -0.118. The van der Waals surface area contributed by atoms with Gasteiger partial charge in [0.15, 0.2) is 11.7 Å². The van der Waals surface area contributed by atoms with Gasteiger partial charge >= 0.3 is 0 Å². The highest BCUT2D eigenvalue weighted by molar-refractivity contribution is 7.15. The Hall–Kier alpha value is -2.08. The zero-order chi connectivity index (χ0) is 18.9. The number of hydrogen-bond donors (Lipinski definition) is 2. The number of rotatable bonds is 4. The van der Waals surface area contributed by atoms with Crippen molar-refractivity contribution in [3.63, 3.8) is 0 Å². The number of aryl methyl sites for hydroxylation is 2.